The maximum atomic E-state index is 11.9. The second-order valence-corrected chi connectivity index (χ2v) is 15.0. The minimum atomic E-state index is -0.659. The van der Waals surface area contributed by atoms with Gasteiger partial charge in [-0.15, -0.1) is 0 Å². The average molecular weight is 713 g/mol. The molecule has 0 aliphatic carbocycles. The number of hydrogen-bond donors (Lipinski definition) is 3. The zero-order valence-corrected chi connectivity index (χ0v) is 34.3. The summed E-state index contributed by atoms with van der Waals surface area (Å²) in [5.74, 6) is -1.86. The van der Waals surface area contributed by atoms with Gasteiger partial charge in [-0.1, -0.05) is 214 Å². The largest absolute Gasteiger partial charge is 0.481 e. The highest BCUT2D eigenvalue weighted by Gasteiger charge is 2.36. The number of carboxylic acid groups (broad SMARTS) is 3. The number of hydrogen-bond acceptors (Lipinski definition) is 3. The Bertz CT molecular complexity index is 667. The Morgan fingerprint density at radius 2 is 0.540 bits per heavy atom. The van der Waals surface area contributed by atoms with Crippen LogP contribution in [0.1, 0.15) is 259 Å². The van der Waals surface area contributed by atoms with E-state index < -0.39 is 23.3 Å². The Morgan fingerprint density at radius 1 is 0.320 bits per heavy atom. The van der Waals surface area contributed by atoms with Gasteiger partial charge in [0.05, 0.1) is 5.41 Å². The fourth-order valence-corrected chi connectivity index (χ4v) is 6.50. The molecule has 6 nitrogen and oxygen atoms in total. The minimum Gasteiger partial charge on any atom is -0.481 e. The van der Waals surface area contributed by atoms with Gasteiger partial charge in [-0.25, -0.2) is 0 Å². The van der Waals surface area contributed by atoms with Crippen LogP contribution in [0.4, 0.5) is 0 Å². The van der Waals surface area contributed by atoms with Crippen LogP contribution in [0.15, 0.2) is 0 Å². The Kier molecular flexibility index (Phi) is 46.0. The van der Waals surface area contributed by atoms with Crippen molar-refractivity contribution in [3.8, 4) is 0 Å². The van der Waals surface area contributed by atoms with Crippen LogP contribution in [0, 0.1) is 5.41 Å². The van der Waals surface area contributed by atoms with Crippen LogP contribution < -0.4 is 0 Å². The fourth-order valence-electron chi connectivity index (χ4n) is 6.50. The molecule has 3 N–H and O–H groups in total. The van der Waals surface area contributed by atoms with Gasteiger partial charge in [0, 0.05) is 12.8 Å². The second-order valence-electron chi connectivity index (χ2n) is 15.0. The van der Waals surface area contributed by atoms with Crippen LogP contribution in [0.25, 0.3) is 0 Å². The lowest BCUT2D eigenvalue weighted by Gasteiger charge is -2.29. The second kappa shape index (κ2) is 43.6. The van der Waals surface area contributed by atoms with E-state index in [1.807, 2.05) is 0 Å². The van der Waals surface area contributed by atoms with E-state index in [1.165, 1.54) is 135 Å². The van der Waals surface area contributed by atoms with Crippen molar-refractivity contribution < 1.29 is 29.7 Å². The lowest BCUT2D eigenvalue weighted by atomic mass is 9.74. The summed E-state index contributed by atoms with van der Waals surface area (Å²) < 4.78 is 0. The van der Waals surface area contributed by atoms with Crippen molar-refractivity contribution in [1.82, 2.24) is 0 Å². The predicted octanol–water partition coefficient (Wildman–Crippen LogP) is 15.0. The topological polar surface area (TPSA) is 112 Å². The molecule has 0 heterocycles. The predicted molar refractivity (Wildman–Crippen MR) is 215 cm³/mol. The van der Waals surface area contributed by atoms with Gasteiger partial charge in [0.2, 0.25) is 0 Å². The highest BCUT2D eigenvalue weighted by Crippen LogP contribution is 2.37. The van der Waals surface area contributed by atoms with Gasteiger partial charge in [-0.05, 0) is 32.1 Å². The first-order valence-electron chi connectivity index (χ1n) is 21.8. The Morgan fingerprint density at radius 3 is 0.780 bits per heavy atom. The summed E-state index contributed by atoms with van der Waals surface area (Å²) in [7, 11) is 0. The molecule has 0 amide bonds. The first-order valence-corrected chi connectivity index (χ1v) is 21.8. The number of carbonyl (C=O) groups is 3. The van der Waals surface area contributed by atoms with Gasteiger partial charge in [0.15, 0.2) is 0 Å². The zero-order valence-electron chi connectivity index (χ0n) is 34.3. The Balaban J connectivity index is -0.000000692. The minimum absolute atomic E-state index is 0.343. The van der Waals surface area contributed by atoms with Crippen molar-refractivity contribution in [1.29, 1.82) is 0 Å². The molecule has 0 atom stereocenters. The fraction of sp³-hybridized carbons (Fsp3) is 0.932. The van der Waals surface area contributed by atoms with E-state index in [1.54, 1.807) is 0 Å². The van der Waals surface area contributed by atoms with Gasteiger partial charge in [0.25, 0.3) is 0 Å². The van der Waals surface area contributed by atoms with Crippen molar-refractivity contribution in [2.75, 3.05) is 0 Å². The number of aliphatic carboxylic acids is 3. The van der Waals surface area contributed by atoms with Gasteiger partial charge in [-0.2, -0.15) is 0 Å². The van der Waals surface area contributed by atoms with Crippen LogP contribution >= 0.6 is 0 Å². The van der Waals surface area contributed by atoms with E-state index in [-0.39, 0.29) is 0 Å². The molecule has 0 saturated carbocycles. The molecule has 0 aliphatic heterocycles. The summed E-state index contributed by atoms with van der Waals surface area (Å²) in [6.07, 6.45) is 40.1. The van der Waals surface area contributed by atoms with Gasteiger partial charge >= 0.3 is 17.9 Å². The summed E-state index contributed by atoms with van der Waals surface area (Å²) in [6.45, 7) is 11.0. The third-order valence-electron chi connectivity index (χ3n) is 9.97. The molecule has 0 aromatic heterocycles. The maximum Gasteiger partial charge on any atom is 0.309 e. The maximum absolute atomic E-state index is 11.9. The van der Waals surface area contributed by atoms with Crippen LogP contribution in [0.2, 0.25) is 0 Å². The SMILES string of the molecule is CCCCCCCCCCC(CCCC)(CCCC)C(=O)O.CCCCCCCCCCCC(=O)O.CCCCCCCCCCCC(=O)O. The lowest BCUT2D eigenvalue weighted by molar-refractivity contribution is -0.151. The third-order valence-corrected chi connectivity index (χ3v) is 9.97. The average Bonchev–Trinajstić information content (AvgIpc) is 3.09. The Hall–Kier alpha value is -1.59. The summed E-state index contributed by atoms with van der Waals surface area (Å²) in [5.41, 5.74) is -0.436. The van der Waals surface area contributed by atoms with Crippen molar-refractivity contribution in [2.24, 2.45) is 5.41 Å². The molecule has 0 aliphatic rings. The molecule has 0 bridgehead atoms. The number of unbranched alkanes of at least 4 members (excludes halogenated alkanes) is 25. The third kappa shape index (κ3) is 42.6. The van der Waals surface area contributed by atoms with E-state index in [4.69, 9.17) is 10.2 Å². The summed E-state index contributed by atoms with van der Waals surface area (Å²) in [6, 6.07) is 0. The van der Waals surface area contributed by atoms with Crippen molar-refractivity contribution in [2.45, 2.75) is 259 Å². The Labute approximate surface area is 311 Å². The van der Waals surface area contributed by atoms with E-state index in [0.29, 0.717) is 12.8 Å². The molecule has 0 unspecified atom stereocenters. The van der Waals surface area contributed by atoms with Crippen LogP contribution in [0.3, 0.4) is 0 Å². The molecular weight excluding hydrogens is 624 g/mol. The lowest BCUT2D eigenvalue weighted by Crippen LogP contribution is -2.31. The van der Waals surface area contributed by atoms with E-state index in [2.05, 4.69) is 34.6 Å². The molecule has 0 rings (SSSR count). The zero-order chi connectivity index (χ0) is 38.0. The van der Waals surface area contributed by atoms with Crippen LogP contribution in [-0.2, 0) is 14.4 Å². The number of carboxylic acids is 3. The van der Waals surface area contributed by atoms with Crippen molar-refractivity contribution in [3.05, 3.63) is 0 Å². The highest BCUT2D eigenvalue weighted by molar-refractivity contribution is 5.74. The monoisotopic (exact) mass is 713 g/mol. The molecule has 0 aromatic rings. The quantitative estimate of drug-likeness (QED) is 0.0557. The summed E-state index contributed by atoms with van der Waals surface area (Å²) in [4.78, 5) is 32.3. The molecule has 0 saturated heterocycles. The first-order chi connectivity index (χ1) is 24.2. The van der Waals surface area contributed by atoms with Crippen molar-refractivity contribution >= 4 is 17.9 Å². The van der Waals surface area contributed by atoms with Gasteiger partial charge in [-0.3, -0.25) is 14.4 Å². The van der Waals surface area contributed by atoms with E-state index in [9.17, 15) is 19.5 Å². The molecule has 0 spiro atoms. The molecule has 0 fully saturated rings. The van der Waals surface area contributed by atoms with Gasteiger partial charge in [0.1, 0.15) is 0 Å². The molecule has 0 aromatic carbocycles. The summed E-state index contributed by atoms with van der Waals surface area (Å²) in [5, 5.41) is 26.6. The molecule has 50 heavy (non-hydrogen) atoms. The standard InChI is InChI=1S/C20H40O2.2C12H24O2/c1-4-7-10-11-12-13-14-15-18-20(19(21)22,16-8-5-2)17-9-6-3;2*1-2-3-4-5-6-7-8-9-10-11-12(13)14/h4-18H2,1-3H3,(H,21,22);2*2-11H2,1H3,(H,13,14). The van der Waals surface area contributed by atoms with E-state index in [0.717, 1.165) is 77.0 Å². The van der Waals surface area contributed by atoms with Crippen LogP contribution in [0.5, 0.6) is 0 Å². The molecule has 6 heteroatoms. The highest BCUT2D eigenvalue weighted by atomic mass is 16.4. The molecular formula is C44H88O6. The van der Waals surface area contributed by atoms with Gasteiger partial charge < -0.3 is 15.3 Å². The number of rotatable bonds is 36. The van der Waals surface area contributed by atoms with Crippen molar-refractivity contribution in [3.63, 3.8) is 0 Å². The smallest absolute Gasteiger partial charge is 0.309 e. The first kappa shape index (κ1) is 52.8. The summed E-state index contributed by atoms with van der Waals surface area (Å²) >= 11 is 0. The molecule has 0 radical (unpaired) electrons. The van der Waals surface area contributed by atoms with E-state index >= 15 is 0 Å². The normalized spacial score (nSPS) is 11.0. The molecule has 300 valence electrons. The van der Waals surface area contributed by atoms with Crippen LogP contribution in [-0.4, -0.2) is 33.2 Å².